The molecule has 0 saturated heterocycles. The van der Waals surface area contributed by atoms with E-state index in [0.717, 1.165) is 22.8 Å². The van der Waals surface area contributed by atoms with Crippen molar-refractivity contribution >= 4 is 44.2 Å². The summed E-state index contributed by atoms with van der Waals surface area (Å²) < 4.78 is 30.9. The fourth-order valence-corrected chi connectivity index (χ4v) is 4.19. The summed E-state index contributed by atoms with van der Waals surface area (Å²) in [6.07, 6.45) is 1.24. The highest BCUT2D eigenvalue weighted by Gasteiger charge is 2.14. The molecule has 4 rings (SSSR count). The van der Waals surface area contributed by atoms with Crippen molar-refractivity contribution in [2.24, 2.45) is 0 Å². The number of benzene rings is 3. The first-order valence-corrected chi connectivity index (χ1v) is 12.8. The van der Waals surface area contributed by atoms with E-state index in [1.807, 2.05) is 31.2 Å². The van der Waals surface area contributed by atoms with Gasteiger partial charge in [0.1, 0.15) is 5.58 Å². The molecule has 0 saturated carbocycles. The highest BCUT2D eigenvalue weighted by atomic mass is 32.2. The second kappa shape index (κ2) is 10.0. The van der Waals surface area contributed by atoms with Crippen LogP contribution in [0, 0.1) is 0 Å². The predicted molar refractivity (Wildman–Crippen MR) is 136 cm³/mol. The van der Waals surface area contributed by atoms with Crippen LogP contribution >= 0.6 is 0 Å². The minimum absolute atomic E-state index is 0.156. The number of rotatable bonds is 8. The molecule has 0 aliphatic carbocycles. The Balaban J connectivity index is 1.33. The molecule has 3 N–H and O–H groups in total. The summed E-state index contributed by atoms with van der Waals surface area (Å²) in [4.78, 5) is 25.0. The van der Waals surface area contributed by atoms with Crippen LogP contribution in [0.15, 0.2) is 83.3 Å². The van der Waals surface area contributed by atoms with E-state index in [1.54, 1.807) is 54.6 Å². The lowest BCUT2D eigenvalue weighted by atomic mass is 10.1. The van der Waals surface area contributed by atoms with Gasteiger partial charge in [-0.1, -0.05) is 42.5 Å². The number of anilines is 2. The number of hydrogen-bond acceptors (Lipinski definition) is 5. The van der Waals surface area contributed by atoms with E-state index < -0.39 is 10.0 Å². The molecule has 1 unspecified atom stereocenters. The first-order valence-electron chi connectivity index (χ1n) is 10.9. The number of para-hydroxylation sites is 1. The van der Waals surface area contributed by atoms with Gasteiger partial charge in [-0.3, -0.25) is 14.3 Å². The van der Waals surface area contributed by atoms with Gasteiger partial charge in [0.25, 0.3) is 5.91 Å². The first-order chi connectivity index (χ1) is 16.7. The topological polar surface area (TPSA) is 118 Å². The molecule has 0 bridgehead atoms. The molecule has 2 amide bonds. The van der Waals surface area contributed by atoms with Crippen molar-refractivity contribution in [1.82, 2.24) is 5.32 Å². The van der Waals surface area contributed by atoms with Gasteiger partial charge in [0.2, 0.25) is 15.9 Å². The Labute approximate surface area is 203 Å². The third kappa shape index (κ3) is 6.48. The molecule has 1 aromatic heterocycles. The summed E-state index contributed by atoms with van der Waals surface area (Å²) in [5.74, 6) is -0.314. The van der Waals surface area contributed by atoms with Gasteiger partial charge in [-0.05, 0) is 54.4 Å². The van der Waals surface area contributed by atoms with Crippen LogP contribution in [0.1, 0.15) is 34.6 Å². The molecule has 8 nitrogen and oxygen atoms in total. The van der Waals surface area contributed by atoms with Gasteiger partial charge in [-0.2, -0.15) is 0 Å². The standard InChI is InChI=1S/C26H25N3O5S/c1-17(19-7-5-8-22(15-19)29-35(2,32)33)27-25(30)14-18-10-12-21(13-11-18)28-26(31)24-16-20-6-3-4-9-23(20)34-24/h3-13,15-17,29H,14H2,1-2H3,(H,27,30)(H,28,31). The summed E-state index contributed by atoms with van der Waals surface area (Å²) in [7, 11) is -3.39. The van der Waals surface area contributed by atoms with Crippen LogP contribution in [-0.2, 0) is 21.2 Å². The second-order valence-electron chi connectivity index (χ2n) is 8.27. The van der Waals surface area contributed by atoms with Gasteiger partial charge >= 0.3 is 0 Å². The van der Waals surface area contributed by atoms with Crippen LogP contribution in [0.4, 0.5) is 11.4 Å². The fourth-order valence-electron chi connectivity index (χ4n) is 3.64. The summed E-state index contributed by atoms with van der Waals surface area (Å²) in [5.41, 5.74) is 3.22. The van der Waals surface area contributed by atoms with Crippen LogP contribution in [0.3, 0.4) is 0 Å². The molecule has 1 atom stereocenters. The highest BCUT2D eigenvalue weighted by Crippen LogP contribution is 2.21. The lowest BCUT2D eigenvalue weighted by molar-refractivity contribution is -0.121. The lowest BCUT2D eigenvalue weighted by Gasteiger charge is -2.16. The van der Waals surface area contributed by atoms with Crippen LogP contribution < -0.4 is 15.4 Å². The van der Waals surface area contributed by atoms with Gasteiger partial charge < -0.3 is 15.1 Å². The number of furan rings is 1. The summed E-state index contributed by atoms with van der Waals surface area (Å²) in [6.45, 7) is 1.83. The van der Waals surface area contributed by atoms with E-state index >= 15 is 0 Å². The fraction of sp³-hybridized carbons (Fsp3) is 0.154. The average Bonchev–Trinajstić information content (AvgIpc) is 3.24. The third-order valence-electron chi connectivity index (χ3n) is 5.29. The lowest BCUT2D eigenvalue weighted by Crippen LogP contribution is -2.28. The molecular weight excluding hydrogens is 466 g/mol. The summed E-state index contributed by atoms with van der Waals surface area (Å²) in [5, 5.41) is 6.56. The van der Waals surface area contributed by atoms with Crippen molar-refractivity contribution in [2.45, 2.75) is 19.4 Å². The van der Waals surface area contributed by atoms with Gasteiger partial charge in [0.15, 0.2) is 5.76 Å². The highest BCUT2D eigenvalue weighted by molar-refractivity contribution is 7.92. The van der Waals surface area contributed by atoms with Gasteiger partial charge in [0.05, 0.1) is 18.7 Å². The second-order valence-corrected chi connectivity index (χ2v) is 10.0. The van der Waals surface area contributed by atoms with Crippen molar-refractivity contribution < 1.29 is 22.4 Å². The van der Waals surface area contributed by atoms with Crippen molar-refractivity contribution in [3.63, 3.8) is 0 Å². The molecule has 0 spiro atoms. The molecule has 0 radical (unpaired) electrons. The zero-order valence-corrected chi connectivity index (χ0v) is 20.1. The minimum Gasteiger partial charge on any atom is -0.451 e. The van der Waals surface area contributed by atoms with Gasteiger partial charge in [-0.25, -0.2) is 8.42 Å². The number of fused-ring (bicyclic) bond motifs is 1. The molecular formula is C26H25N3O5S. The third-order valence-corrected chi connectivity index (χ3v) is 5.90. The Morgan fingerprint density at radius 1 is 0.914 bits per heavy atom. The predicted octanol–water partition coefficient (Wildman–Crippen LogP) is 4.48. The molecule has 3 aromatic carbocycles. The van der Waals surface area contributed by atoms with E-state index in [1.165, 1.54) is 0 Å². The van der Waals surface area contributed by atoms with E-state index in [-0.39, 0.29) is 30.0 Å². The Kier molecular flexibility index (Phi) is 6.88. The summed E-state index contributed by atoms with van der Waals surface area (Å²) >= 11 is 0. The van der Waals surface area contributed by atoms with E-state index in [2.05, 4.69) is 15.4 Å². The van der Waals surface area contributed by atoms with Crippen molar-refractivity contribution in [3.8, 4) is 0 Å². The van der Waals surface area contributed by atoms with Crippen molar-refractivity contribution in [1.29, 1.82) is 0 Å². The Hall–Kier alpha value is -4.11. The smallest absolute Gasteiger partial charge is 0.291 e. The maximum atomic E-state index is 12.5. The van der Waals surface area contributed by atoms with Crippen molar-refractivity contribution in [2.75, 3.05) is 16.3 Å². The molecule has 0 aliphatic rings. The normalized spacial score (nSPS) is 12.2. The van der Waals surface area contributed by atoms with Crippen molar-refractivity contribution in [3.05, 3.63) is 95.7 Å². The number of carbonyl (C=O) groups excluding carboxylic acids is 2. The first kappa shape index (κ1) is 24.0. The van der Waals surface area contributed by atoms with Gasteiger partial charge in [0, 0.05) is 16.8 Å². The molecule has 0 aliphatic heterocycles. The monoisotopic (exact) mass is 491 g/mol. The van der Waals surface area contributed by atoms with E-state index in [4.69, 9.17) is 4.42 Å². The van der Waals surface area contributed by atoms with Crippen LogP contribution in [0.2, 0.25) is 0 Å². The Morgan fingerprint density at radius 2 is 1.66 bits per heavy atom. The Bertz CT molecular complexity index is 1440. The molecule has 1 heterocycles. The molecule has 0 fully saturated rings. The number of sulfonamides is 1. The Morgan fingerprint density at radius 3 is 2.37 bits per heavy atom. The quantitative estimate of drug-likeness (QED) is 0.336. The number of amides is 2. The number of nitrogens with one attached hydrogen (secondary N) is 3. The number of carbonyl (C=O) groups is 2. The zero-order chi connectivity index (χ0) is 25.0. The molecule has 4 aromatic rings. The molecule has 9 heteroatoms. The zero-order valence-electron chi connectivity index (χ0n) is 19.2. The van der Waals surface area contributed by atoms with Crippen LogP contribution in [0.5, 0.6) is 0 Å². The van der Waals surface area contributed by atoms with E-state index in [0.29, 0.717) is 17.0 Å². The molecule has 35 heavy (non-hydrogen) atoms. The van der Waals surface area contributed by atoms with Gasteiger partial charge in [-0.15, -0.1) is 0 Å². The largest absolute Gasteiger partial charge is 0.451 e. The molecule has 180 valence electrons. The van der Waals surface area contributed by atoms with E-state index in [9.17, 15) is 18.0 Å². The number of hydrogen-bond donors (Lipinski definition) is 3. The average molecular weight is 492 g/mol. The van der Waals surface area contributed by atoms with Crippen LogP contribution in [-0.4, -0.2) is 26.5 Å². The van der Waals surface area contributed by atoms with Crippen LogP contribution in [0.25, 0.3) is 11.0 Å². The minimum atomic E-state index is -3.39. The maximum Gasteiger partial charge on any atom is 0.291 e. The summed E-state index contributed by atoms with van der Waals surface area (Å²) in [6, 6.07) is 22.7. The SMILES string of the molecule is CC(NC(=O)Cc1ccc(NC(=O)c2cc3ccccc3o2)cc1)c1cccc(NS(C)(=O)=O)c1. The maximum absolute atomic E-state index is 12.5.